The zero-order chi connectivity index (χ0) is 15.4. The van der Waals surface area contributed by atoms with Crippen LogP contribution in [0.15, 0.2) is 42.5 Å². The van der Waals surface area contributed by atoms with E-state index in [1.54, 1.807) is 25.1 Å². The van der Waals surface area contributed by atoms with Crippen LogP contribution in [0.1, 0.15) is 21.5 Å². The topological polar surface area (TPSA) is 72.2 Å². The van der Waals surface area contributed by atoms with E-state index in [1.165, 1.54) is 12.1 Å². The molecule has 2 rings (SSSR count). The van der Waals surface area contributed by atoms with Gasteiger partial charge in [-0.3, -0.25) is 14.9 Å². The Kier molecular flexibility index (Phi) is 4.70. The molecule has 0 unspecified atom stereocenters. The predicted molar refractivity (Wildman–Crippen MR) is 84.9 cm³/mol. The number of rotatable bonds is 4. The smallest absolute Gasteiger partial charge is 0.270 e. The van der Waals surface area contributed by atoms with Gasteiger partial charge >= 0.3 is 0 Å². The highest BCUT2D eigenvalue weighted by Crippen LogP contribution is 2.19. The van der Waals surface area contributed by atoms with E-state index in [0.717, 1.165) is 10.9 Å². The summed E-state index contributed by atoms with van der Waals surface area (Å²) in [6.45, 7) is 1.74. The summed E-state index contributed by atoms with van der Waals surface area (Å²) < 4.78 is 0. The summed E-state index contributed by atoms with van der Waals surface area (Å²) in [5.41, 5.74) is 2.64. The highest BCUT2D eigenvalue weighted by molar-refractivity contribution is 9.08. The zero-order valence-electron chi connectivity index (χ0n) is 11.3. The quantitative estimate of drug-likeness (QED) is 0.514. The van der Waals surface area contributed by atoms with Crippen molar-refractivity contribution < 1.29 is 9.72 Å². The van der Waals surface area contributed by atoms with Gasteiger partial charge in [0.05, 0.1) is 4.92 Å². The van der Waals surface area contributed by atoms with Gasteiger partial charge in [0.1, 0.15) is 0 Å². The van der Waals surface area contributed by atoms with Crippen LogP contribution in [0.5, 0.6) is 0 Å². The van der Waals surface area contributed by atoms with Crippen LogP contribution in [-0.2, 0) is 5.33 Å². The lowest BCUT2D eigenvalue weighted by atomic mass is 10.1. The van der Waals surface area contributed by atoms with Crippen molar-refractivity contribution >= 4 is 33.2 Å². The fourth-order valence-corrected chi connectivity index (χ4v) is 2.22. The van der Waals surface area contributed by atoms with Crippen LogP contribution in [-0.4, -0.2) is 10.8 Å². The summed E-state index contributed by atoms with van der Waals surface area (Å²) in [6, 6.07) is 11.6. The minimum absolute atomic E-state index is 0.0969. The summed E-state index contributed by atoms with van der Waals surface area (Å²) in [5, 5.41) is 14.3. The second-order valence-corrected chi connectivity index (χ2v) is 5.10. The van der Waals surface area contributed by atoms with Gasteiger partial charge in [-0.15, -0.1) is 0 Å². The lowest BCUT2D eigenvalue weighted by molar-refractivity contribution is -0.384. The van der Waals surface area contributed by atoms with Crippen molar-refractivity contribution in [3.05, 3.63) is 69.3 Å². The summed E-state index contributed by atoms with van der Waals surface area (Å²) in [4.78, 5) is 22.5. The highest BCUT2D eigenvalue weighted by atomic mass is 79.9. The molecule has 1 amide bonds. The summed E-state index contributed by atoms with van der Waals surface area (Å²) >= 11 is 3.35. The number of nitro groups is 1. The molecule has 0 aliphatic heterocycles. The van der Waals surface area contributed by atoms with E-state index in [-0.39, 0.29) is 11.6 Å². The van der Waals surface area contributed by atoms with Crippen LogP contribution in [0.25, 0.3) is 0 Å². The molecule has 1 N–H and O–H groups in total. The molecule has 0 heterocycles. The minimum atomic E-state index is -0.513. The molecule has 21 heavy (non-hydrogen) atoms. The van der Waals surface area contributed by atoms with Crippen molar-refractivity contribution in [3.63, 3.8) is 0 Å². The molecule has 108 valence electrons. The van der Waals surface area contributed by atoms with Crippen molar-refractivity contribution in [1.82, 2.24) is 0 Å². The first-order chi connectivity index (χ1) is 10.0. The van der Waals surface area contributed by atoms with Crippen molar-refractivity contribution in [2.45, 2.75) is 12.3 Å². The van der Waals surface area contributed by atoms with E-state index < -0.39 is 4.92 Å². The van der Waals surface area contributed by atoms with Crippen LogP contribution in [0.4, 0.5) is 11.4 Å². The Balaban J connectivity index is 2.23. The second kappa shape index (κ2) is 6.49. The number of non-ortho nitro benzene ring substituents is 1. The maximum absolute atomic E-state index is 12.2. The number of anilines is 1. The number of nitrogens with one attached hydrogen (secondary N) is 1. The Bertz CT molecular complexity index is 684. The van der Waals surface area contributed by atoms with Gasteiger partial charge in [0.2, 0.25) is 0 Å². The minimum Gasteiger partial charge on any atom is -0.322 e. The van der Waals surface area contributed by atoms with Gasteiger partial charge in [0.15, 0.2) is 0 Å². The van der Waals surface area contributed by atoms with E-state index in [0.29, 0.717) is 16.8 Å². The van der Waals surface area contributed by atoms with Crippen LogP contribution < -0.4 is 5.32 Å². The highest BCUT2D eigenvalue weighted by Gasteiger charge is 2.14. The van der Waals surface area contributed by atoms with Gasteiger partial charge < -0.3 is 5.32 Å². The van der Waals surface area contributed by atoms with E-state index in [1.807, 2.05) is 12.1 Å². The fourth-order valence-electron chi connectivity index (χ4n) is 1.84. The molecule has 0 aliphatic rings. The number of halogens is 1. The summed E-state index contributed by atoms with van der Waals surface area (Å²) in [7, 11) is 0. The molecule has 0 spiro atoms. The molecule has 0 aliphatic carbocycles. The molecule has 2 aromatic rings. The largest absolute Gasteiger partial charge is 0.322 e. The first-order valence-electron chi connectivity index (χ1n) is 6.22. The Hall–Kier alpha value is -2.21. The van der Waals surface area contributed by atoms with Crippen molar-refractivity contribution in [1.29, 1.82) is 0 Å². The Labute approximate surface area is 130 Å². The normalized spacial score (nSPS) is 10.2. The SMILES string of the molecule is Cc1ccc([N+](=O)[O-])cc1C(=O)Nc1ccc(CBr)cc1. The van der Waals surface area contributed by atoms with Crippen molar-refractivity contribution in [2.75, 3.05) is 5.32 Å². The first kappa shape index (κ1) is 15.2. The van der Waals surface area contributed by atoms with Gasteiger partial charge in [0.25, 0.3) is 11.6 Å². The number of carbonyl (C=O) groups is 1. The Morgan fingerprint density at radius 1 is 1.24 bits per heavy atom. The van der Waals surface area contributed by atoms with Crippen LogP contribution in [0, 0.1) is 17.0 Å². The Morgan fingerprint density at radius 3 is 2.48 bits per heavy atom. The number of carbonyl (C=O) groups excluding carboxylic acids is 1. The number of nitrogens with zero attached hydrogens (tertiary/aromatic N) is 1. The lowest BCUT2D eigenvalue weighted by Gasteiger charge is -2.08. The van der Waals surface area contributed by atoms with Crippen molar-refractivity contribution in [2.24, 2.45) is 0 Å². The van der Waals surface area contributed by atoms with E-state index in [9.17, 15) is 14.9 Å². The van der Waals surface area contributed by atoms with E-state index in [2.05, 4.69) is 21.2 Å². The number of aryl methyl sites for hydroxylation is 1. The third kappa shape index (κ3) is 3.66. The number of alkyl halides is 1. The number of amides is 1. The fraction of sp³-hybridized carbons (Fsp3) is 0.133. The molecule has 0 saturated carbocycles. The molecule has 6 heteroatoms. The molecule has 0 bridgehead atoms. The third-order valence-corrected chi connectivity index (χ3v) is 3.69. The number of benzene rings is 2. The van der Waals surface area contributed by atoms with E-state index in [4.69, 9.17) is 0 Å². The average Bonchev–Trinajstić information content (AvgIpc) is 2.48. The molecule has 5 nitrogen and oxygen atoms in total. The number of hydrogen-bond acceptors (Lipinski definition) is 3. The standard InChI is InChI=1S/C15H13BrN2O3/c1-10-2-7-13(18(20)21)8-14(10)15(19)17-12-5-3-11(9-16)4-6-12/h2-8H,9H2,1H3,(H,17,19). The molecular formula is C15H13BrN2O3. The lowest BCUT2D eigenvalue weighted by Crippen LogP contribution is -2.13. The first-order valence-corrected chi connectivity index (χ1v) is 7.34. The molecule has 0 fully saturated rings. The molecule has 0 saturated heterocycles. The van der Waals surface area contributed by atoms with Gasteiger partial charge in [0, 0.05) is 28.7 Å². The molecular weight excluding hydrogens is 336 g/mol. The second-order valence-electron chi connectivity index (χ2n) is 4.54. The Morgan fingerprint density at radius 2 is 1.90 bits per heavy atom. The van der Waals surface area contributed by atoms with Crippen molar-refractivity contribution in [3.8, 4) is 0 Å². The number of nitro benzene ring substituents is 1. The van der Waals surface area contributed by atoms with Gasteiger partial charge in [-0.2, -0.15) is 0 Å². The average molecular weight is 349 g/mol. The van der Waals surface area contributed by atoms with Gasteiger partial charge in [-0.25, -0.2) is 0 Å². The maximum Gasteiger partial charge on any atom is 0.270 e. The maximum atomic E-state index is 12.2. The summed E-state index contributed by atoms with van der Waals surface area (Å²) in [5.74, 6) is -0.359. The van der Waals surface area contributed by atoms with Crippen LogP contribution in [0.2, 0.25) is 0 Å². The van der Waals surface area contributed by atoms with Gasteiger partial charge in [-0.05, 0) is 30.2 Å². The molecule has 0 atom stereocenters. The summed E-state index contributed by atoms with van der Waals surface area (Å²) in [6.07, 6.45) is 0. The predicted octanol–water partition coefficient (Wildman–Crippen LogP) is 4.05. The van der Waals surface area contributed by atoms with E-state index >= 15 is 0 Å². The van der Waals surface area contributed by atoms with Crippen LogP contribution >= 0.6 is 15.9 Å². The molecule has 2 aromatic carbocycles. The zero-order valence-corrected chi connectivity index (χ0v) is 12.9. The monoisotopic (exact) mass is 348 g/mol. The molecule has 0 radical (unpaired) electrons. The van der Waals surface area contributed by atoms with Crippen LogP contribution in [0.3, 0.4) is 0 Å². The third-order valence-electron chi connectivity index (χ3n) is 3.04. The molecule has 0 aromatic heterocycles. The number of hydrogen-bond donors (Lipinski definition) is 1. The van der Waals surface area contributed by atoms with Gasteiger partial charge in [-0.1, -0.05) is 34.1 Å².